The first-order chi connectivity index (χ1) is 15.5. The molecule has 2 aromatic rings. The molecule has 1 unspecified atom stereocenters. The maximum atomic E-state index is 13.9. The van der Waals surface area contributed by atoms with E-state index in [2.05, 4.69) is 5.32 Å². The number of benzene rings is 1. The van der Waals surface area contributed by atoms with Crippen LogP contribution in [-0.4, -0.2) is 44.7 Å². The second kappa shape index (κ2) is 7.98. The van der Waals surface area contributed by atoms with Crippen molar-refractivity contribution in [3.8, 4) is 5.75 Å². The molecule has 0 radical (unpaired) electrons. The fourth-order valence-corrected chi connectivity index (χ4v) is 4.30. The predicted molar refractivity (Wildman–Crippen MR) is 112 cm³/mol. The van der Waals surface area contributed by atoms with Gasteiger partial charge in [-0.25, -0.2) is 13.2 Å². The third kappa shape index (κ3) is 3.53. The summed E-state index contributed by atoms with van der Waals surface area (Å²) in [5.74, 6) is -6.02. The molecule has 0 aliphatic carbocycles. The van der Waals surface area contributed by atoms with Crippen LogP contribution in [0.25, 0.3) is 0 Å². The van der Waals surface area contributed by atoms with Crippen LogP contribution in [-0.2, 0) is 6.54 Å². The molecule has 2 bridgehead atoms. The van der Waals surface area contributed by atoms with Crippen LogP contribution in [0.3, 0.4) is 0 Å². The highest BCUT2D eigenvalue weighted by molar-refractivity contribution is 5.99. The first-order valence-electron chi connectivity index (χ1n) is 10.2. The molecule has 0 saturated heterocycles. The lowest BCUT2D eigenvalue weighted by Gasteiger charge is -2.47. The fraction of sp³-hybridized carbons (Fsp3) is 0.318. The number of pyridine rings is 1. The minimum atomic E-state index is -1.20. The van der Waals surface area contributed by atoms with Crippen LogP contribution in [0.2, 0.25) is 0 Å². The van der Waals surface area contributed by atoms with Gasteiger partial charge in [0, 0.05) is 36.5 Å². The Labute approximate surface area is 186 Å². The van der Waals surface area contributed by atoms with E-state index >= 15 is 0 Å². The summed E-state index contributed by atoms with van der Waals surface area (Å²) in [5.41, 5.74) is -2.50. The highest BCUT2D eigenvalue weighted by atomic mass is 19.1. The number of carbonyl (C=O) groups is 2. The van der Waals surface area contributed by atoms with E-state index in [4.69, 9.17) is 0 Å². The van der Waals surface area contributed by atoms with Gasteiger partial charge in [0.25, 0.3) is 11.8 Å². The molecular formula is C22H21F3N4O4. The quantitative estimate of drug-likeness (QED) is 0.681. The summed E-state index contributed by atoms with van der Waals surface area (Å²) < 4.78 is 42.1. The predicted octanol–water partition coefficient (Wildman–Crippen LogP) is 1.99. The average molecular weight is 462 g/mol. The van der Waals surface area contributed by atoms with E-state index in [1.54, 1.807) is 11.9 Å². The molecule has 2 N–H and O–H groups in total. The van der Waals surface area contributed by atoms with Crippen molar-refractivity contribution < 1.29 is 27.9 Å². The summed E-state index contributed by atoms with van der Waals surface area (Å²) in [4.78, 5) is 40.1. The molecule has 1 aromatic carbocycles. The van der Waals surface area contributed by atoms with Gasteiger partial charge < -0.3 is 15.3 Å². The van der Waals surface area contributed by atoms with Crippen molar-refractivity contribution in [1.82, 2.24) is 14.9 Å². The first-order valence-corrected chi connectivity index (χ1v) is 10.2. The third-order valence-corrected chi connectivity index (χ3v) is 5.94. The van der Waals surface area contributed by atoms with Crippen molar-refractivity contribution in [2.45, 2.75) is 45.6 Å². The normalized spacial score (nSPS) is 21.6. The molecule has 2 amide bonds. The molecule has 11 heteroatoms. The summed E-state index contributed by atoms with van der Waals surface area (Å²) >= 11 is 0. The lowest BCUT2D eigenvalue weighted by atomic mass is 10.1. The van der Waals surface area contributed by atoms with Gasteiger partial charge in [0.1, 0.15) is 29.2 Å². The number of halogens is 3. The Hall–Kier alpha value is -3.76. The highest BCUT2D eigenvalue weighted by Gasteiger charge is 2.42. The van der Waals surface area contributed by atoms with Crippen molar-refractivity contribution in [3.63, 3.8) is 0 Å². The van der Waals surface area contributed by atoms with Crippen LogP contribution in [0, 0.1) is 17.5 Å². The van der Waals surface area contributed by atoms with Crippen LogP contribution in [0.4, 0.5) is 13.2 Å². The first kappa shape index (κ1) is 22.4. The maximum absolute atomic E-state index is 13.9. The molecule has 8 nitrogen and oxygen atoms in total. The number of rotatable bonds is 3. The van der Waals surface area contributed by atoms with E-state index in [0.29, 0.717) is 12.1 Å². The maximum Gasteiger partial charge on any atom is 0.278 e. The molecule has 1 aromatic heterocycles. The molecule has 0 fully saturated rings. The van der Waals surface area contributed by atoms with Crippen LogP contribution in [0.15, 0.2) is 35.3 Å². The van der Waals surface area contributed by atoms with Gasteiger partial charge in [-0.2, -0.15) is 0 Å². The Morgan fingerprint density at radius 1 is 1.06 bits per heavy atom. The standard InChI is InChI=1S/C22H21F3N4O4/c1-10-4-5-11(2)29-12(3)28(10)22(33)18-20(31)19(30)15(9-27(18)29)21(32)26-8-14-16(24)6-13(23)7-17(14)25/h4-7,9-12,31H,8H2,1-3H3,(H,26,32)/t10-,11+,12?/m0/s1. The van der Waals surface area contributed by atoms with Crippen LogP contribution >= 0.6 is 0 Å². The SMILES string of the molecule is CC1N2C(=O)c3c(O)c(=O)c(C(=O)NCc4c(F)cc(F)cc4F)cn3N1[C@H](C)C=C[C@@H]2C. The summed E-state index contributed by atoms with van der Waals surface area (Å²) in [5, 5.41) is 14.5. The Balaban J connectivity index is 1.74. The Morgan fingerprint density at radius 2 is 1.67 bits per heavy atom. The van der Waals surface area contributed by atoms with Crippen molar-refractivity contribution in [2.75, 3.05) is 5.01 Å². The van der Waals surface area contributed by atoms with E-state index in [-0.39, 0.29) is 17.8 Å². The van der Waals surface area contributed by atoms with Gasteiger partial charge in [0.2, 0.25) is 5.43 Å². The number of fused-ring (bicyclic) bond motifs is 4. The lowest BCUT2D eigenvalue weighted by Crippen LogP contribution is -2.63. The molecular weight excluding hydrogens is 441 g/mol. The van der Waals surface area contributed by atoms with Crippen molar-refractivity contribution in [1.29, 1.82) is 0 Å². The van der Waals surface area contributed by atoms with Crippen molar-refractivity contribution >= 4 is 11.8 Å². The summed E-state index contributed by atoms with van der Waals surface area (Å²) in [6.07, 6.45) is 4.35. The minimum Gasteiger partial charge on any atom is -0.502 e. The summed E-state index contributed by atoms with van der Waals surface area (Å²) in [6, 6.07) is 0.377. The minimum absolute atomic E-state index is 0.264. The van der Waals surface area contributed by atoms with Crippen LogP contribution < -0.4 is 15.8 Å². The van der Waals surface area contributed by atoms with Gasteiger partial charge in [-0.15, -0.1) is 0 Å². The van der Waals surface area contributed by atoms with Crippen molar-refractivity contribution in [2.24, 2.45) is 0 Å². The molecule has 174 valence electrons. The summed E-state index contributed by atoms with van der Waals surface area (Å²) in [6.45, 7) is 4.76. The third-order valence-electron chi connectivity index (χ3n) is 5.94. The van der Waals surface area contributed by atoms with Gasteiger partial charge in [0.15, 0.2) is 11.4 Å². The van der Waals surface area contributed by atoms with E-state index in [1.165, 1.54) is 9.58 Å². The Morgan fingerprint density at radius 3 is 2.30 bits per heavy atom. The van der Waals surface area contributed by atoms with E-state index in [1.807, 2.05) is 26.0 Å². The molecule has 0 saturated carbocycles. The van der Waals surface area contributed by atoms with E-state index in [9.17, 15) is 32.7 Å². The molecule has 2 aliphatic heterocycles. The van der Waals surface area contributed by atoms with Crippen LogP contribution in [0.5, 0.6) is 5.75 Å². The van der Waals surface area contributed by atoms with Gasteiger partial charge in [-0.1, -0.05) is 12.2 Å². The molecule has 2 aliphatic rings. The number of aromatic nitrogens is 1. The van der Waals surface area contributed by atoms with Gasteiger partial charge in [-0.05, 0) is 20.8 Å². The molecule has 3 heterocycles. The Bertz CT molecular complexity index is 1240. The highest BCUT2D eigenvalue weighted by Crippen LogP contribution is 2.30. The topological polar surface area (TPSA) is 94.9 Å². The number of hydrogen-bond acceptors (Lipinski definition) is 5. The number of hydrogen-bond donors (Lipinski definition) is 2. The lowest BCUT2D eigenvalue weighted by molar-refractivity contribution is 0.0541. The molecule has 3 atom stereocenters. The molecule has 0 spiro atoms. The van der Waals surface area contributed by atoms with E-state index in [0.717, 1.165) is 6.20 Å². The largest absolute Gasteiger partial charge is 0.502 e. The van der Waals surface area contributed by atoms with Gasteiger partial charge in [0.05, 0.1) is 6.04 Å². The smallest absolute Gasteiger partial charge is 0.278 e. The molecule has 33 heavy (non-hydrogen) atoms. The average Bonchev–Trinajstić information content (AvgIpc) is 2.81. The zero-order valence-electron chi connectivity index (χ0n) is 18.0. The number of amides is 2. The monoisotopic (exact) mass is 462 g/mol. The number of aromatic hydroxyl groups is 1. The second-order valence-corrected chi connectivity index (χ2v) is 8.03. The van der Waals surface area contributed by atoms with Gasteiger partial charge >= 0.3 is 0 Å². The summed E-state index contributed by atoms with van der Waals surface area (Å²) in [7, 11) is 0. The van der Waals surface area contributed by atoms with Gasteiger partial charge in [-0.3, -0.25) is 24.1 Å². The zero-order chi connectivity index (χ0) is 24.2. The van der Waals surface area contributed by atoms with E-state index < -0.39 is 64.3 Å². The second-order valence-electron chi connectivity index (χ2n) is 8.03. The van der Waals surface area contributed by atoms with Crippen molar-refractivity contribution in [3.05, 3.63) is 75.0 Å². The number of nitrogens with one attached hydrogen (secondary N) is 1. The number of carbonyl (C=O) groups excluding carboxylic acids is 2. The zero-order valence-corrected chi connectivity index (χ0v) is 18.0. The Kier molecular flexibility index (Phi) is 5.43. The molecule has 4 rings (SSSR count). The van der Waals surface area contributed by atoms with Crippen LogP contribution in [0.1, 0.15) is 47.2 Å². The number of nitrogens with zero attached hydrogens (tertiary/aromatic N) is 3. The fourth-order valence-electron chi connectivity index (χ4n) is 4.30.